The highest BCUT2D eigenvalue weighted by molar-refractivity contribution is 5.71. The van der Waals surface area contributed by atoms with Crippen molar-refractivity contribution in [1.82, 2.24) is 0 Å². The largest absolute Gasteiger partial charge is 0.462 e. The molecule has 0 saturated carbocycles. The van der Waals surface area contributed by atoms with E-state index >= 15 is 0 Å². The van der Waals surface area contributed by atoms with Gasteiger partial charge in [0.1, 0.15) is 13.2 Å². The average molecular weight is 863 g/mol. The van der Waals surface area contributed by atoms with Crippen molar-refractivity contribution in [2.24, 2.45) is 0 Å². The maximum Gasteiger partial charge on any atom is 0.306 e. The minimum atomic E-state index is -0.797. The molecule has 0 aliphatic heterocycles. The molecule has 0 aliphatic rings. The number of hydrogen-bond acceptors (Lipinski definition) is 6. The molecule has 1 unspecified atom stereocenters. The first-order valence-corrected chi connectivity index (χ1v) is 25.7. The maximum atomic E-state index is 12.8. The Hall–Kier alpha value is -3.41. The molecule has 0 aromatic rings. The molecular formula is C56H94O6. The summed E-state index contributed by atoms with van der Waals surface area (Å²) in [5.74, 6) is -0.958. The minimum absolute atomic E-state index is 0.0994. The number of hydrogen-bond donors (Lipinski definition) is 0. The second-order valence-electron chi connectivity index (χ2n) is 16.8. The van der Waals surface area contributed by atoms with E-state index in [0.717, 1.165) is 96.3 Å². The summed E-state index contributed by atoms with van der Waals surface area (Å²) in [7, 11) is 0. The van der Waals surface area contributed by atoms with E-state index in [0.29, 0.717) is 19.3 Å². The van der Waals surface area contributed by atoms with Gasteiger partial charge in [-0.2, -0.15) is 0 Å². The van der Waals surface area contributed by atoms with Crippen LogP contribution in [0.15, 0.2) is 85.1 Å². The van der Waals surface area contributed by atoms with E-state index in [9.17, 15) is 14.4 Å². The average Bonchev–Trinajstić information content (AvgIpc) is 3.27. The Labute approximate surface area is 382 Å². The van der Waals surface area contributed by atoms with Gasteiger partial charge in [-0.15, -0.1) is 0 Å². The molecule has 1 atom stereocenters. The monoisotopic (exact) mass is 863 g/mol. The zero-order valence-corrected chi connectivity index (χ0v) is 40.4. The summed E-state index contributed by atoms with van der Waals surface area (Å²) in [4.78, 5) is 37.9. The predicted octanol–water partition coefficient (Wildman–Crippen LogP) is 16.8. The van der Waals surface area contributed by atoms with Crippen LogP contribution in [0.1, 0.15) is 233 Å². The Morgan fingerprint density at radius 1 is 0.355 bits per heavy atom. The second-order valence-corrected chi connectivity index (χ2v) is 16.8. The summed E-state index contributed by atoms with van der Waals surface area (Å²) < 4.78 is 16.7. The molecule has 0 rings (SSSR count). The first-order valence-electron chi connectivity index (χ1n) is 25.7. The maximum absolute atomic E-state index is 12.8. The fourth-order valence-electron chi connectivity index (χ4n) is 6.92. The van der Waals surface area contributed by atoms with Gasteiger partial charge in [-0.25, -0.2) is 0 Å². The number of esters is 3. The van der Waals surface area contributed by atoms with Crippen molar-refractivity contribution in [3.8, 4) is 0 Å². The third-order valence-corrected chi connectivity index (χ3v) is 10.7. The number of carbonyl (C=O) groups is 3. The fourth-order valence-corrected chi connectivity index (χ4v) is 6.92. The molecule has 0 amide bonds. The molecule has 0 spiro atoms. The van der Waals surface area contributed by atoms with Crippen LogP contribution in [0.25, 0.3) is 0 Å². The molecule has 0 aromatic carbocycles. The zero-order chi connectivity index (χ0) is 45.1. The predicted molar refractivity (Wildman–Crippen MR) is 265 cm³/mol. The van der Waals surface area contributed by atoms with E-state index in [4.69, 9.17) is 14.2 Å². The van der Waals surface area contributed by atoms with E-state index in [-0.39, 0.29) is 31.1 Å². The topological polar surface area (TPSA) is 78.9 Å². The van der Waals surface area contributed by atoms with Gasteiger partial charge in [-0.05, 0) is 64.2 Å². The van der Waals surface area contributed by atoms with Gasteiger partial charge in [0.25, 0.3) is 0 Å². The molecular weight excluding hydrogens is 769 g/mol. The van der Waals surface area contributed by atoms with Crippen LogP contribution in [-0.2, 0) is 28.6 Å². The van der Waals surface area contributed by atoms with Gasteiger partial charge < -0.3 is 14.2 Å². The molecule has 0 saturated heterocycles. The number of ether oxygens (including phenoxy) is 3. The molecule has 0 aromatic heterocycles. The summed E-state index contributed by atoms with van der Waals surface area (Å²) >= 11 is 0. The van der Waals surface area contributed by atoms with Crippen LogP contribution in [0.2, 0.25) is 0 Å². The van der Waals surface area contributed by atoms with Crippen LogP contribution in [0, 0.1) is 0 Å². The SMILES string of the molecule is CC/C=C\C/C=C\CCCCC(=O)OCC(COC(=O)CCCCCCC\C=C/C=C\C=C/C=C\C=C/CCC)OC(=O)CCCCCCCCCCCCCCCCCCC. The molecule has 0 N–H and O–H groups in total. The van der Waals surface area contributed by atoms with Crippen LogP contribution < -0.4 is 0 Å². The van der Waals surface area contributed by atoms with Crippen molar-refractivity contribution < 1.29 is 28.6 Å². The van der Waals surface area contributed by atoms with Crippen molar-refractivity contribution in [2.75, 3.05) is 13.2 Å². The Morgan fingerprint density at radius 2 is 0.726 bits per heavy atom. The number of carbonyl (C=O) groups excluding carboxylic acids is 3. The lowest BCUT2D eigenvalue weighted by molar-refractivity contribution is -0.167. The smallest absolute Gasteiger partial charge is 0.306 e. The summed E-state index contributed by atoms with van der Waals surface area (Å²) in [6.45, 7) is 6.38. The molecule has 62 heavy (non-hydrogen) atoms. The Bertz CT molecular complexity index is 1220. The Kier molecular flexibility index (Phi) is 47.5. The van der Waals surface area contributed by atoms with Crippen molar-refractivity contribution in [2.45, 2.75) is 239 Å². The normalized spacial score (nSPS) is 12.8. The zero-order valence-electron chi connectivity index (χ0n) is 40.4. The number of rotatable bonds is 45. The molecule has 354 valence electrons. The minimum Gasteiger partial charge on any atom is -0.462 e. The van der Waals surface area contributed by atoms with Crippen molar-refractivity contribution in [1.29, 1.82) is 0 Å². The molecule has 0 heterocycles. The van der Waals surface area contributed by atoms with Gasteiger partial charge in [0.05, 0.1) is 0 Å². The lowest BCUT2D eigenvalue weighted by Gasteiger charge is -2.18. The second kappa shape index (κ2) is 50.2. The third-order valence-electron chi connectivity index (χ3n) is 10.7. The Balaban J connectivity index is 4.39. The van der Waals surface area contributed by atoms with Gasteiger partial charge >= 0.3 is 17.9 Å². The van der Waals surface area contributed by atoms with E-state index < -0.39 is 6.10 Å². The lowest BCUT2D eigenvalue weighted by atomic mass is 10.0. The van der Waals surface area contributed by atoms with E-state index in [2.05, 4.69) is 81.5 Å². The van der Waals surface area contributed by atoms with Gasteiger partial charge in [0.15, 0.2) is 6.10 Å². The van der Waals surface area contributed by atoms with E-state index in [1.165, 1.54) is 96.3 Å². The van der Waals surface area contributed by atoms with Gasteiger partial charge in [0, 0.05) is 19.3 Å². The highest BCUT2D eigenvalue weighted by atomic mass is 16.6. The van der Waals surface area contributed by atoms with Crippen LogP contribution in [-0.4, -0.2) is 37.2 Å². The summed E-state index contributed by atoms with van der Waals surface area (Å²) in [6.07, 6.45) is 64.3. The molecule has 0 radical (unpaired) electrons. The van der Waals surface area contributed by atoms with Crippen molar-refractivity contribution in [3.63, 3.8) is 0 Å². The van der Waals surface area contributed by atoms with E-state index in [1.54, 1.807) is 0 Å². The van der Waals surface area contributed by atoms with Crippen LogP contribution in [0.3, 0.4) is 0 Å². The molecule has 0 aliphatic carbocycles. The molecule has 0 fully saturated rings. The highest BCUT2D eigenvalue weighted by Gasteiger charge is 2.19. The summed E-state index contributed by atoms with van der Waals surface area (Å²) in [5.41, 5.74) is 0. The molecule has 6 heteroatoms. The lowest BCUT2D eigenvalue weighted by Crippen LogP contribution is -2.30. The van der Waals surface area contributed by atoms with Gasteiger partial charge in [-0.3, -0.25) is 14.4 Å². The van der Waals surface area contributed by atoms with Crippen LogP contribution in [0.4, 0.5) is 0 Å². The molecule has 0 bridgehead atoms. The fraction of sp³-hybridized carbons (Fsp3) is 0.696. The summed E-state index contributed by atoms with van der Waals surface area (Å²) in [5, 5.41) is 0. The van der Waals surface area contributed by atoms with Crippen LogP contribution >= 0.6 is 0 Å². The first kappa shape index (κ1) is 58.6. The number of allylic oxidation sites excluding steroid dienone is 14. The van der Waals surface area contributed by atoms with Gasteiger partial charge in [-0.1, -0.05) is 234 Å². The molecule has 6 nitrogen and oxygen atoms in total. The number of unbranched alkanes of at least 4 members (excludes halogenated alkanes) is 24. The first-order chi connectivity index (χ1) is 30.5. The third kappa shape index (κ3) is 47.6. The summed E-state index contributed by atoms with van der Waals surface area (Å²) in [6, 6.07) is 0. The van der Waals surface area contributed by atoms with Crippen LogP contribution in [0.5, 0.6) is 0 Å². The highest BCUT2D eigenvalue weighted by Crippen LogP contribution is 2.15. The quantitative estimate of drug-likeness (QED) is 0.0199. The Morgan fingerprint density at radius 3 is 1.21 bits per heavy atom. The standard InChI is InChI=1S/C56H94O6/c1-4-7-10-13-16-19-21-23-25-27-29-30-32-34-37-40-43-46-49-55(58)61-52-53(51-60-54(57)48-45-42-39-36-18-15-12-9-6-3)62-56(59)50-47-44-41-38-35-33-31-28-26-24-22-20-17-14-11-8-5-2/h9-10,12-13,16,18-19,21,23,25,27,29-30,36,53H,4-8,11,14-15,17,20,22,24,26,28,31-35,37-52H2,1-3H3/b12-9-,13-10-,19-16-,23-21-,27-25-,30-29-,36-18-. The van der Waals surface area contributed by atoms with Crippen molar-refractivity contribution in [3.05, 3.63) is 85.1 Å². The van der Waals surface area contributed by atoms with E-state index in [1.807, 2.05) is 24.3 Å². The van der Waals surface area contributed by atoms with Gasteiger partial charge in [0.2, 0.25) is 0 Å². The van der Waals surface area contributed by atoms with Crippen molar-refractivity contribution >= 4 is 17.9 Å².